The number of sulfone groups is 2. The predicted octanol–water partition coefficient (Wildman–Crippen LogP) is 0.885. The lowest BCUT2D eigenvalue weighted by molar-refractivity contribution is 0.600. The van der Waals surface area contributed by atoms with Gasteiger partial charge in [0.15, 0.2) is 19.7 Å². The molecule has 0 saturated carbocycles. The predicted molar refractivity (Wildman–Crippen MR) is 87.8 cm³/mol. The maximum Gasteiger partial charge on any atom is 0.152 e. The van der Waals surface area contributed by atoms with Gasteiger partial charge in [0.2, 0.25) is 0 Å². The fourth-order valence-electron chi connectivity index (χ4n) is 2.95. The van der Waals surface area contributed by atoms with Crippen LogP contribution in [-0.2, 0) is 19.7 Å². The van der Waals surface area contributed by atoms with Crippen molar-refractivity contribution >= 4 is 31.0 Å². The van der Waals surface area contributed by atoms with E-state index in [1.54, 1.807) is 0 Å². The summed E-state index contributed by atoms with van der Waals surface area (Å²) in [4.78, 5) is 0. The van der Waals surface area contributed by atoms with Crippen LogP contribution in [0.2, 0.25) is 0 Å². The number of hydrogen-bond donors (Lipinski definition) is 2. The van der Waals surface area contributed by atoms with E-state index in [-0.39, 0.29) is 35.1 Å². The number of anilines is 2. The highest BCUT2D eigenvalue weighted by atomic mass is 32.2. The van der Waals surface area contributed by atoms with Gasteiger partial charge in [-0.3, -0.25) is 0 Å². The second-order valence-electron chi connectivity index (χ2n) is 6.07. The van der Waals surface area contributed by atoms with Crippen molar-refractivity contribution in [3.63, 3.8) is 0 Å². The minimum atomic E-state index is -2.88. The van der Waals surface area contributed by atoms with Crippen LogP contribution in [-0.4, -0.2) is 51.9 Å². The van der Waals surface area contributed by atoms with E-state index < -0.39 is 19.7 Å². The lowest BCUT2D eigenvalue weighted by Crippen LogP contribution is -2.21. The maximum atomic E-state index is 11.4. The van der Waals surface area contributed by atoms with Crippen molar-refractivity contribution in [1.82, 2.24) is 0 Å². The molecule has 0 bridgehead atoms. The van der Waals surface area contributed by atoms with Gasteiger partial charge < -0.3 is 10.6 Å². The van der Waals surface area contributed by atoms with E-state index in [4.69, 9.17) is 0 Å². The molecule has 0 aromatic heterocycles. The van der Waals surface area contributed by atoms with Crippen LogP contribution in [0.1, 0.15) is 12.8 Å². The van der Waals surface area contributed by atoms with Gasteiger partial charge in [0.25, 0.3) is 0 Å². The Labute approximate surface area is 131 Å². The first kappa shape index (κ1) is 15.6. The number of benzene rings is 1. The summed E-state index contributed by atoms with van der Waals surface area (Å²) in [5.41, 5.74) is 1.76. The average molecular weight is 344 g/mol. The zero-order valence-electron chi connectivity index (χ0n) is 12.2. The monoisotopic (exact) mass is 344 g/mol. The van der Waals surface area contributed by atoms with Crippen molar-refractivity contribution in [3.05, 3.63) is 24.3 Å². The molecule has 3 rings (SSSR count). The van der Waals surface area contributed by atoms with E-state index in [2.05, 4.69) is 10.6 Å². The van der Waals surface area contributed by atoms with Crippen molar-refractivity contribution < 1.29 is 16.8 Å². The Bertz CT molecular complexity index is 677. The Hall–Kier alpha value is -1.28. The van der Waals surface area contributed by atoms with Crippen molar-refractivity contribution in [2.45, 2.75) is 24.9 Å². The highest BCUT2D eigenvalue weighted by Crippen LogP contribution is 2.21. The smallest absolute Gasteiger partial charge is 0.152 e. The molecule has 8 heteroatoms. The highest BCUT2D eigenvalue weighted by molar-refractivity contribution is 7.91. The number of hydrogen-bond acceptors (Lipinski definition) is 6. The highest BCUT2D eigenvalue weighted by Gasteiger charge is 2.28. The summed E-state index contributed by atoms with van der Waals surface area (Å²) in [5, 5.41) is 6.46. The summed E-state index contributed by atoms with van der Waals surface area (Å²) in [5.74, 6) is 0.876. The lowest BCUT2D eigenvalue weighted by Gasteiger charge is -2.15. The van der Waals surface area contributed by atoms with Gasteiger partial charge in [-0.2, -0.15) is 0 Å². The van der Waals surface area contributed by atoms with Gasteiger partial charge in [0, 0.05) is 23.5 Å². The van der Waals surface area contributed by atoms with Gasteiger partial charge in [-0.15, -0.1) is 0 Å². The molecule has 0 unspecified atom stereocenters. The molecule has 2 aliphatic heterocycles. The number of rotatable bonds is 4. The van der Waals surface area contributed by atoms with Crippen LogP contribution in [0.3, 0.4) is 0 Å². The second-order valence-corrected chi connectivity index (χ2v) is 10.5. The standard InChI is InChI=1S/C14H20N2O4S2/c17-21(18)7-5-13(9-21)15-11-1-2-12(4-3-11)16-14-6-8-22(19,20)10-14/h1-4,13-16H,5-10H2/t13-,14-/m0/s1. The SMILES string of the molecule is O=S1(=O)CC[C@H](Nc2ccc(N[C@H]3CCS(=O)(=O)C3)cc2)C1. The Balaban J connectivity index is 1.57. The molecule has 0 amide bonds. The molecule has 2 saturated heterocycles. The molecule has 6 nitrogen and oxygen atoms in total. The first-order chi connectivity index (χ1) is 10.3. The minimum Gasteiger partial charge on any atom is -0.381 e. The third-order valence-electron chi connectivity index (χ3n) is 4.09. The Morgan fingerprint density at radius 2 is 1.09 bits per heavy atom. The zero-order valence-corrected chi connectivity index (χ0v) is 13.8. The summed E-state index contributed by atoms with van der Waals surface area (Å²) in [7, 11) is -5.76. The normalized spacial score (nSPS) is 29.3. The Morgan fingerprint density at radius 1 is 0.727 bits per heavy atom. The summed E-state index contributed by atoms with van der Waals surface area (Å²) in [6, 6.07) is 7.49. The van der Waals surface area contributed by atoms with Gasteiger partial charge in [0.1, 0.15) is 0 Å². The maximum absolute atomic E-state index is 11.4. The molecule has 2 atom stereocenters. The molecule has 1 aromatic carbocycles. The largest absolute Gasteiger partial charge is 0.381 e. The first-order valence-electron chi connectivity index (χ1n) is 7.35. The fraction of sp³-hybridized carbons (Fsp3) is 0.571. The third kappa shape index (κ3) is 3.92. The first-order valence-corrected chi connectivity index (χ1v) is 11.0. The van der Waals surface area contributed by atoms with Gasteiger partial charge >= 0.3 is 0 Å². The van der Waals surface area contributed by atoms with Crippen LogP contribution in [0.4, 0.5) is 11.4 Å². The van der Waals surface area contributed by atoms with E-state index in [1.807, 2.05) is 24.3 Å². The van der Waals surface area contributed by atoms with E-state index in [9.17, 15) is 16.8 Å². The third-order valence-corrected chi connectivity index (χ3v) is 7.63. The molecule has 2 N–H and O–H groups in total. The average Bonchev–Trinajstić information content (AvgIpc) is 2.94. The van der Waals surface area contributed by atoms with Gasteiger partial charge in [-0.1, -0.05) is 0 Å². The van der Waals surface area contributed by atoms with Crippen LogP contribution in [0, 0.1) is 0 Å². The van der Waals surface area contributed by atoms with Crippen molar-refractivity contribution in [2.24, 2.45) is 0 Å². The van der Waals surface area contributed by atoms with Crippen molar-refractivity contribution in [3.8, 4) is 0 Å². The van der Waals surface area contributed by atoms with Crippen LogP contribution in [0.5, 0.6) is 0 Å². The molecular formula is C14H20N2O4S2. The molecule has 1 aromatic rings. The lowest BCUT2D eigenvalue weighted by atomic mass is 10.2. The minimum absolute atomic E-state index is 0.0243. The molecule has 0 spiro atoms. The zero-order chi connectivity index (χ0) is 15.8. The summed E-state index contributed by atoms with van der Waals surface area (Å²) >= 11 is 0. The van der Waals surface area contributed by atoms with Crippen LogP contribution in [0.25, 0.3) is 0 Å². The van der Waals surface area contributed by atoms with Crippen LogP contribution in [0.15, 0.2) is 24.3 Å². The topological polar surface area (TPSA) is 92.3 Å². The summed E-state index contributed by atoms with van der Waals surface area (Å²) in [6.07, 6.45) is 1.28. The molecule has 2 fully saturated rings. The van der Waals surface area contributed by atoms with Crippen LogP contribution >= 0.6 is 0 Å². The van der Waals surface area contributed by atoms with Crippen LogP contribution < -0.4 is 10.6 Å². The Kier molecular flexibility index (Phi) is 4.07. The summed E-state index contributed by atoms with van der Waals surface area (Å²) < 4.78 is 45.7. The van der Waals surface area contributed by atoms with E-state index in [1.165, 1.54) is 0 Å². The van der Waals surface area contributed by atoms with Gasteiger partial charge in [-0.05, 0) is 37.1 Å². The molecular weight excluding hydrogens is 324 g/mol. The quantitative estimate of drug-likeness (QED) is 0.842. The van der Waals surface area contributed by atoms with E-state index >= 15 is 0 Å². The number of nitrogens with one attached hydrogen (secondary N) is 2. The molecule has 122 valence electrons. The molecule has 0 radical (unpaired) electrons. The van der Waals surface area contributed by atoms with E-state index in [0.29, 0.717) is 12.8 Å². The second kappa shape index (κ2) is 5.73. The summed E-state index contributed by atoms with van der Waals surface area (Å²) in [6.45, 7) is 0. The Morgan fingerprint density at radius 3 is 1.36 bits per heavy atom. The molecule has 2 aliphatic rings. The van der Waals surface area contributed by atoms with Crippen molar-refractivity contribution in [2.75, 3.05) is 33.6 Å². The fourth-order valence-corrected chi connectivity index (χ4v) is 6.30. The van der Waals surface area contributed by atoms with E-state index in [0.717, 1.165) is 11.4 Å². The molecule has 0 aliphatic carbocycles. The van der Waals surface area contributed by atoms with Crippen molar-refractivity contribution in [1.29, 1.82) is 0 Å². The molecule has 2 heterocycles. The van der Waals surface area contributed by atoms with Gasteiger partial charge in [-0.25, -0.2) is 16.8 Å². The van der Waals surface area contributed by atoms with Gasteiger partial charge in [0.05, 0.1) is 23.0 Å². The molecule has 22 heavy (non-hydrogen) atoms.